The van der Waals surface area contributed by atoms with Crippen LogP contribution in [0.15, 0.2) is 48.5 Å². The van der Waals surface area contributed by atoms with E-state index in [9.17, 15) is 9.59 Å². The Kier molecular flexibility index (Phi) is 5.62. The Morgan fingerprint density at radius 2 is 1.60 bits per heavy atom. The Morgan fingerprint density at radius 3 is 2.16 bits per heavy atom. The van der Waals surface area contributed by atoms with Gasteiger partial charge in [-0.1, -0.05) is 63.2 Å². The fourth-order valence-corrected chi connectivity index (χ4v) is 2.43. The molecule has 2 rings (SSSR count). The number of carbonyl (C=O) groups is 2. The van der Waals surface area contributed by atoms with Gasteiger partial charge in [0.05, 0.1) is 5.56 Å². The highest BCUT2D eigenvalue weighted by molar-refractivity contribution is 6.04. The first-order valence-electron chi connectivity index (χ1n) is 8.41. The first-order valence-corrected chi connectivity index (χ1v) is 8.41. The van der Waals surface area contributed by atoms with E-state index in [1.165, 1.54) is 0 Å². The minimum atomic E-state index is -0.581. The van der Waals surface area contributed by atoms with Crippen molar-refractivity contribution in [3.8, 4) is 16.9 Å². The van der Waals surface area contributed by atoms with Crippen LogP contribution in [0.25, 0.3) is 11.1 Å². The van der Waals surface area contributed by atoms with E-state index in [-0.39, 0.29) is 11.8 Å². The number of rotatable bonds is 4. The summed E-state index contributed by atoms with van der Waals surface area (Å²) >= 11 is 0. The van der Waals surface area contributed by atoms with Crippen molar-refractivity contribution in [3.05, 3.63) is 54.1 Å². The lowest BCUT2D eigenvalue weighted by Crippen LogP contribution is -2.33. The molecular formula is C21H25NO3. The molecule has 4 nitrogen and oxygen atoms in total. The summed E-state index contributed by atoms with van der Waals surface area (Å²) in [4.78, 5) is 25.0. The SMILES string of the molecule is CC(C)NC(=O)Oc1c(C(=O)C(C)(C)C)cccc1-c1ccccc1. The lowest BCUT2D eigenvalue weighted by atomic mass is 9.85. The lowest BCUT2D eigenvalue weighted by molar-refractivity contribution is 0.0855. The molecule has 0 spiro atoms. The van der Waals surface area contributed by atoms with Gasteiger partial charge in [0.1, 0.15) is 0 Å². The zero-order valence-corrected chi connectivity index (χ0v) is 15.4. The highest BCUT2D eigenvalue weighted by Crippen LogP contribution is 2.36. The largest absolute Gasteiger partial charge is 0.412 e. The summed E-state index contributed by atoms with van der Waals surface area (Å²) in [6, 6.07) is 14.9. The van der Waals surface area contributed by atoms with Crippen molar-refractivity contribution >= 4 is 11.9 Å². The van der Waals surface area contributed by atoms with Gasteiger partial charge < -0.3 is 10.1 Å². The average molecular weight is 339 g/mol. The van der Waals surface area contributed by atoms with E-state index in [2.05, 4.69) is 5.32 Å². The standard InChI is InChI=1S/C21H25NO3/c1-14(2)22-20(24)25-18-16(15-10-7-6-8-11-15)12-9-13-17(18)19(23)21(3,4)5/h6-14H,1-5H3,(H,22,24). The molecule has 0 unspecified atom stereocenters. The average Bonchev–Trinajstić information content (AvgIpc) is 2.53. The number of Topliss-reactive ketones (excluding diaryl/α,β-unsaturated/α-hetero) is 1. The van der Waals surface area contributed by atoms with E-state index in [0.717, 1.165) is 11.1 Å². The third-order valence-corrected chi connectivity index (χ3v) is 3.63. The second-order valence-corrected chi connectivity index (χ2v) is 7.32. The topological polar surface area (TPSA) is 55.4 Å². The van der Waals surface area contributed by atoms with Crippen LogP contribution in [0.4, 0.5) is 4.79 Å². The van der Waals surface area contributed by atoms with Crippen molar-refractivity contribution in [2.75, 3.05) is 0 Å². The third kappa shape index (κ3) is 4.69. The number of ether oxygens (including phenoxy) is 1. The van der Waals surface area contributed by atoms with E-state index in [1.807, 2.05) is 77.1 Å². The highest BCUT2D eigenvalue weighted by atomic mass is 16.6. The smallest absolute Gasteiger partial charge is 0.409 e. The van der Waals surface area contributed by atoms with E-state index in [4.69, 9.17) is 4.74 Å². The number of benzene rings is 2. The maximum Gasteiger partial charge on any atom is 0.412 e. The molecule has 0 aliphatic rings. The van der Waals surface area contributed by atoms with Gasteiger partial charge in [0.15, 0.2) is 11.5 Å². The van der Waals surface area contributed by atoms with Gasteiger partial charge in [-0.3, -0.25) is 4.79 Å². The van der Waals surface area contributed by atoms with Gasteiger partial charge in [-0.2, -0.15) is 0 Å². The van der Waals surface area contributed by atoms with Crippen LogP contribution < -0.4 is 10.1 Å². The summed E-state index contributed by atoms with van der Waals surface area (Å²) in [5.41, 5.74) is 1.43. The van der Waals surface area contributed by atoms with Crippen molar-refractivity contribution in [1.29, 1.82) is 0 Å². The van der Waals surface area contributed by atoms with Crippen LogP contribution in [0, 0.1) is 5.41 Å². The van der Waals surface area contributed by atoms with E-state index >= 15 is 0 Å². The number of amides is 1. The van der Waals surface area contributed by atoms with Gasteiger partial charge in [-0.05, 0) is 25.5 Å². The van der Waals surface area contributed by atoms with Gasteiger partial charge in [-0.15, -0.1) is 0 Å². The van der Waals surface area contributed by atoms with Gasteiger partial charge >= 0.3 is 6.09 Å². The molecule has 0 aromatic heterocycles. The van der Waals surface area contributed by atoms with E-state index in [1.54, 1.807) is 6.07 Å². The van der Waals surface area contributed by atoms with Crippen LogP contribution in [0.5, 0.6) is 5.75 Å². The molecule has 4 heteroatoms. The zero-order valence-electron chi connectivity index (χ0n) is 15.4. The summed E-state index contributed by atoms with van der Waals surface area (Å²) < 4.78 is 5.59. The van der Waals surface area contributed by atoms with E-state index < -0.39 is 11.5 Å². The molecule has 0 bridgehead atoms. The van der Waals surface area contributed by atoms with Crippen LogP contribution in [0.1, 0.15) is 45.0 Å². The Labute approximate surface area is 149 Å². The molecule has 25 heavy (non-hydrogen) atoms. The molecular weight excluding hydrogens is 314 g/mol. The molecule has 0 atom stereocenters. The third-order valence-electron chi connectivity index (χ3n) is 3.63. The highest BCUT2D eigenvalue weighted by Gasteiger charge is 2.28. The molecule has 0 saturated carbocycles. The van der Waals surface area contributed by atoms with Crippen LogP contribution in [0.2, 0.25) is 0 Å². The fourth-order valence-electron chi connectivity index (χ4n) is 2.43. The van der Waals surface area contributed by atoms with Crippen molar-refractivity contribution in [1.82, 2.24) is 5.32 Å². The molecule has 0 heterocycles. The Balaban J connectivity index is 2.57. The molecule has 1 amide bonds. The second kappa shape index (κ2) is 7.51. The minimum absolute atomic E-state index is 0.0573. The number of para-hydroxylation sites is 1. The Hall–Kier alpha value is -2.62. The van der Waals surface area contributed by atoms with Crippen molar-refractivity contribution < 1.29 is 14.3 Å². The summed E-state index contributed by atoms with van der Waals surface area (Å²) in [6.07, 6.45) is -0.568. The van der Waals surface area contributed by atoms with Crippen LogP contribution in [-0.2, 0) is 0 Å². The number of hydrogen-bond acceptors (Lipinski definition) is 3. The Bertz CT molecular complexity index is 758. The maximum atomic E-state index is 12.9. The lowest BCUT2D eigenvalue weighted by Gasteiger charge is -2.21. The van der Waals surface area contributed by atoms with Crippen LogP contribution >= 0.6 is 0 Å². The summed E-state index contributed by atoms with van der Waals surface area (Å²) in [6.45, 7) is 9.25. The quantitative estimate of drug-likeness (QED) is 0.790. The predicted molar refractivity (Wildman–Crippen MR) is 100.0 cm³/mol. The summed E-state index contributed by atoms with van der Waals surface area (Å²) in [5, 5.41) is 2.70. The molecule has 1 N–H and O–H groups in total. The monoisotopic (exact) mass is 339 g/mol. The van der Waals surface area contributed by atoms with Crippen molar-refractivity contribution in [2.45, 2.75) is 40.7 Å². The molecule has 2 aromatic rings. The maximum absolute atomic E-state index is 12.9. The summed E-state index contributed by atoms with van der Waals surface area (Å²) in [7, 11) is 0. The normalized spacial score (nSPS) is 11.3. The first kappa shape index (κ1) is 18.7. The number of nitrogens with one attached hydrogen (secondary N) is 1. The summed E-state index contributed by atoms with van der Waals surface area (Å²) in [5.74, 6) is 0.226. The molecule has 0 aliphatic heterocycles. The van der Waals surface area contributed by atoms with Crippen molar-refractivity contribution in [2.24, 2.45) is 5.41 Å². The van der Waals surface area contributed by atoms with E-state index in [0.29, 0.717) is 11.3 Å². The predicted octanol–water partition coefficient (Wildman–Crippen LogP) is 5.08. The Morgan fingerprint density at radius 1 is 0.960 bits per heavy atom. The molecule has 0 aliphatic carbocycles. The first-order chi connectivity index (χ1) is 11.7. The number of ketones is 1. The zero-order chi connectivity index (χ0) is 18.6. The van der Waals surface area contributed by atoms with Gasteiger partial charge in [-0.25, -0.2) is 4.79 Å². The molecule has 2 aromatic carbocycles. The van der Waals surface area contributed by atoms with Gasteiger partial charge in [0, 0.05) is 17.0 Å². The molecule has 0 radical (unpaired) electrons. The van der Waals surface area contributed by atoms with Gasteiger partial charge in [0.2, 0.25) is 0 Å². The molecule has 132 valence electrons. The number of carbonyl (C=O) groups excluding carboxylic acids is 2. The minimum Gasteiger partial charge on any atom is -0.409 e. The fraction of sp³-hybridized carbons (Fsp3) is 0.333. The van der Waals surface area contributed by atoms with Gasteiger partial charge in [0.25, 0.3) is 0 Å². The second-order valence-electron chi connectivity index (χ2n) is 7.32. The van der Waals surface area contributed by atoms with Crippen LogP contribution in [-0.4, -0.2) is 17.9 Å². The van der Waals surface area contributed by atoms with Crippen molar-refractivity contribution in [3.63, 3.8) is 0 Å². The molecule has 0 fully saturated rings. The number of hydrogen-bond donors (Lipinski definition) is 1. The molecule has 0 saturated heterocycles. The van der Waals surface area contributed by atoms with Crippen LogP contribution in [0.3, 0.4) is 0 Å².